The lowest BCUT2D eigenvalue weighted by atomic mass is 9.96. The van der Waals surface area contributed by atoms with E-state index in [9.17, 15) is 13.2 Å². The molecular formula is C16H14F3N3. The number of hydrogen-bond acceptors (Lipinski definition) is 3. The summed E-state index contributed by atoms with van der Waals surface area (Å²) in [7, 11) is 0. The van der Waals surface area contributed by atoms with Gasteiger partial charge in [-0.25, -0.2) is 9.97 Å². The first-order chi connectivity index (χ1) is 10.4. The van der Waals surface area contributed by atoms with E-state index >= 15 is 0 Å². The van der Waals surface area contributed by atoms with Crippen molar-refractivity contribution in [1.29, 1.82) is 0 Å². The number of aromatic nitrogens is 2. The fraction of sp³-hybridized carbons (Fsp3) is 0.250. The Kier molecular flexibility index (Phi) is 3.60. The van der Waals surface area contributed by atoms with Gasteiger partial charge in [0.05, 0.1) is 11.3 Å². The predicted molar refractivity (Wildman–Crippen MR) is 78.7 cm³/mol. The summed E-state index contributed by atoms with van der Waals surface area (Å²) in [6, 6.07) is 4.99. The van der Waals surface area contributed by atoms with Gasteiger partial charge in [0.2, 0.25) is 5.95 Å². The van der Waals surface area contributed by atoms with E-state index in [1.807, 2.05) is 6.08 Å². The van der Waals surface area contributed by atoms with Gasteiger partial charge in [-0.15, -0.1) is 0 Å². The molecule has 6 heteroatoms. The molecule has 0 radical (unpaired) electrons. The summed E-state index contributed by atoms with van der Waals surface area (Å²) < 4.78 is 38.1. The fourth-order valence-corrected chi connectivity index (χ4v) is 2.33. The van der Waals surface area contributed by atoms with Crippen LogP contribution in [-0.4, -0.2) is 9.97 Å². The highest BCUT2D eigenvalue weighted by atomic mass is 19.4. The van der Waals surface area contributed by atoms with E-state index in [4.69, 9.17) is 0 Å². The maximum atomic E-state index is 12.7. The second-order valence-electron chi connectivity index (χ2n) is 5.34. The van der Waals surface area contributed by atoms with Crippen LogP contribution in [0.2, 0.25) is 0 Å². The molecule has 1 aliphatic carbocycles. The van der Waals surface area contributed by atoms with Crippen molar-refractivity contribution in [2.75, 3.05) is 5.32 Å². The molecule has 1 N–H and O–H groups in total. The lowest BCUT2D eigenvalue weighted by Gasteiger charge is -2.15. The molecule has 0 fully saturated rings. The minimum atomic E-state index is -4.37. The Morgan fingerprint density at radius 1 is 1.27 bits per heavy atom. The first-order valence-electron chi connectivity index (χ1n) is 6.90. The monoisotopic (exact) mass is 305 g/mol. The quantitative estimate of drug-likeness (QED) is 0.891. The Morgan fingerprint density at radius 3 is 2.86 bits per heavy atom. The zero-order valence-corrected chi connectivity index (χ0v) is 11.9. The molecule has 0 saturated heterocycles. The minimum Gasteiger partial charge on any atom is -0.324 e. The van der Waals surface area contributed by atoms with E-state index in [1.54, 1.807) is 12.3 Å². The van der Waals surface area contributed by atoms with Crippen molar-refractivity contribution in [3.8, 4) is 0 Å². The van der Waals surface area contributed by atoms with E-state index in [0.717, 1.165) is 29.8 Å². The number of hydrogen-bond donors (Lipinski definition) is 1. The third-order valence-electron chi connectivity index (χ3n) is 3.47. The Bertz CT molecular complexity index is 723. The summed E-state index contributed by atoms with van der Waals surface area (Å²) in [6.07, 6.45) is 2.17. The maximum absolute atomic E-state index is 12.7. The van der Waals surface area contributed by atoms with Gasteiger partial charge in [0, 0.05) is 17.4 Å². The van der Waals surface area contributed by atoms with Crippen molar-refractivity contribution >= 4 is 17.7 Å². The predicted octanol–water partition coefficient (Wildman–Crippen LogP) is 4.44. The van der Waals surface area contributed by atoms with Gasteiger partial charge in [0.1, 0.15) is 0 Å². The lowest BCUT2D eigenvalue weighted by Crippen LogP contribution is -2.09. The van der Waals surface area contributed by atoms with Crippen LogP contribution in [0.25, 0.3) is 6.08 Å². The summed E-state index contributed by atoms with van der Waals surface area (Å²) in [5, 5.41) is 2.84. The molecule has 0 bridgehead atoms. The van der Waals surface area contributed by atoms with Crippen molar-refractivity contribution in [1.82, 2.24) is 9.97 Å². The highest BCUT2D eigenvalue weighted by Crippen LogP contribution is 2.31. The Morgan fingerprint density at radius 2 is 2.09 bits per heavy atom. The highest BCUT2D eigenvalue weighted by Gasteiger charge is 2.30. The third-order valence-corrected chi connectivity index (χ3v) is 3.47. The molecule has 3 nitrogen and oxygen atoms in total. The van der Waals surface area contributed by atoms with E-state index in [-0.39, 0.29) is 0 Å². The normalized spacial score (nSPS) is 17.2. The number of benzene rings is 1. The van der Waals surface area contributed by atoms with Gasteiger partial charge >= 0.3 is 6.18 Å². The van der Waals surface area contributed by atoms with Gasteiger partial charge in [-0.1, -0.05) is 25.1 Å². The number of allylic oxidation sites excluding steroid dienone is 1. The van der Waals surface area contributed by atoms with Crippen LogP contribution in [0.1, 0.15) is 23.7 Å². The molecule has 0 saturated carbocycles. The van der Waals surface area contributed by atoms with E-state index in [2.05, 4.69) is 28.3 Å². The highest BCUT2D eigenvalue weighted by molar-refractivity contribution is 5.58. The molecular weight excluding hydrogens is 291 g/mol. The van der Waals surface area contributed by atoms with Crippen LogP contribution in [0.15, 0.2) is 36.5 Å². The zero-order chi connectivity index (χ0) is 15.7. The van der Waals surface area contributed by atoms with Crippen LogP contribution >= 0.6 is 0 Å². The van der Waals surface area contributed by atoms with Gasteiger partial charge in [-0.2, -0.15) is 13.2 Å². The molecule has 114 valence electrons. The van der Waals surface area contributed by atoms with Crippen LogP contribution in [0.3, 0.4) is 0 Å². The maximum Gasteiger partial charge on any atom is 0.416 e. The van der Waals surface area contributed by atoms with E-state index in [0.29, 0.717) is 17.6 Å². The van der Waals surface area contributed by atoms with Crippen molar-refractivity contribution in [2.45, 2.75) is 19.5 Å². The second kappa shape index (κ2) is 5.44. The van der Waals surface area contributed by atoms with Crippen molar-refractivity contribution in [3.05, 3.63) is 53.4 Å². The minimum absolute atomic E-state index is 0.306. The molecule has 3 rings (SSSR count). The average Bonchev–Trinajstić information content (AvgIpc) is 2.46. The molecule has 1 aliphatic rings. The molecule has 0 amide bonds. The largest absolute Gasteiger partial charge is 0.416 e. The Labute approximate surface area is 125 Å². The van der Waals surface area contributed by atoms with Crippen LogP contribution in [0.5, 0.6) is 0 Å². The molecule has 0 aliphatic heterocycles. The standard InChI is InChI=1S/C16H14F3N3/c1-10-5-6-11-9-20-15(22-14(11)7-10)21-13-4-2-3-12(8-13)16(17,18)19/h2-6,8-10H,7H2,1H3,(H,20,21,22). The number of halogens is 3. The molecule has 2 aromatic rings. The van der Waals surface area contributed by atoms with Crippen molar-refractivity contribution in [2.24, 2.45) is 5.92 Å². The van der Waals surface area contributed by atoms with E-state index < -0.39 is 11.7 Å². The van der Waals surface area contributed by atoms with Crippen LogP contribution in [0.4, 0.5) is 24.8 Å². The van der Waals surface area contributed by atoms with Gasteiger partial charge in [0.15, 0.2) is 0 Å². The van der Waals surface area contributed by atoms with Gasteiger partial charge in [-0.3, -0.25) is 0 Å². The molecule has 1 unspecified atom stereocenters. The molecule has 1 atom stereocenters. The summed E-state index contributed by atoms with van der Waals surface area (Å²) in [5.41, 5.74) is 1.47. The molecule has 0 spiro atoms. The van der Waals surface area contributed by atoms with E-state index in [1.165, 1.54) is 6.07 Å². The lowest BCUT2D eigenvalue weighted by molar-refractivity contribution is -0.137. The Balaban J connectivity index is 1.85. The number of anilines is 2. The summed E-state index contributed by atoms with van der Waals surface area (Å²) in [6.45, 7) is 2.08. The number of alkyl halides is 3. The smallest absolute Gasteiger partial charge is 0.324 e. The van der Waals surface area contributed by atoms with Crippen LogP contribution in [-0.2, 0) is 12.6 Å². The number of fused-ring (bicyclic) bond motifs is 1. The molecule has 1 heterocycles. The third kappa shape index (κ3) is 3.10. The molecule has 22 heavy (non-hydrogen) atoms. The van der Waals surface area contributed by atoms with Gasteiger partial charge in [-0.05, 0) is 30.5 Å². The molecule has 1 aromatic heterocycles. The second-order valence-corrected chi connectivity index (χ2v) is 5.34. The SMILES string of the molecule is CC1C=Cc2cnc(Nc3cccc(C(F)(F)F)c3)nc2C1. The summed E-state index contributed by atoms with van der Waals surface area (Å²) in [4.78, 5) is 8.55. The number of rotatable bonds is 2. The first kappa shape index (κ1) is 14.6. The zero-order valence-electron chi connectivity index (χ0n) is 11.9. The van der Waals surface area contributed by atoms with Crippen LogP contribution in [0, 0.1) is 5.92 Å². The first-order valence-corrected chi connectivity index (χ1v) is 6.90. The average molecular weight is 305 g/mol. The molecule has 1 aromatic carbocycles. The number of nitrogens with zero attached hydrogens (tertiary/aromatic N) is 2. The Hall–Kier alpha value is -2.37. The summed E-state index contributed by atoms with van der Waals surface area (Å²) in [5.74, 6) is 0.699. The van der Waals surface area contributed by atoms with Gasteiger partial charge in [0.25, 0.3) is 0 Å². The van der Waals surface area contributed by atoms with Crippen LogP contribution < -0.4 is 5.32 Å². The van der Waals surface area contributed by atoms with Crippen molar-refractivity contribution in [3.63, 3.8) is 0 Å². The number of nitrogens with one attached hydrogen (secondary N) is 1. The van der Waals surface area contributed by atoms with Gasteiger partial charge < -0.3 is 5.32 Å². The summed E-state index contributed by atoms with van der Waals surface area (Å²) >= 11 is 0. The topological polar surface area (TPSA) is 37.8 Å². The van der Waals surface area contributed by atoms with Crippen molar-refractivity contribution < 1.29 is 13.2 Å². The fourth-order valence-electron chi connectivity index (χ4n) is 2.33.